The average Bonchev–Trinajstić information content (AvgIpc) is 2.66. The molecule has 1 aliphatic rings. The quantitative estimate of drug-likeness (QED) is 0.129. The van der Waals surface area contributed by atoms with Crippen molar-refractivity contribution in [1.29, 1.82) is 0 Å². The van der Waals surface area contributed by atoms with Crippen LogP contribution in [0.4, 0.5) is 0 Å². The third-order valence-corrected chi connectivity index (χ3v) is 4.84. The highest BCUT2D eigenvalue weighted by Gasteiger charge is 2.49. The Kier molecular flexibility index (Phi) is 11.6. The van der Waals surface area contributed by atoms with Crippen molar-refractivity contribution >= 4 is 30.5 Å². The van der Waals surface area contributed by atoms with Gasteiger partial charge < -0.3 is 40.9 Å². The fourth-order valence-corrected chi connectivity index (χ4v) is 3.44. The van der Waals surface area contributed by atoms with E-state index in [4.69, 9.17) is 40.9 Å². The molecule has 0 radical (unpaired) electrons. The Morgan fingerprint density at radius 1 is 1.07 bits per heavy atom. The molecule has 1 aliphatic heterocycles. The monoisotopic (exact) mass is 451 g/mol. The van der Waals surface area contributed by atoms with E-state index in [9.17, 15) is 14.4 Å². The zero-order valence-electron chi connectivity index (χ0n) is 17.5. The zero-order valence-corrected chi connectivity index (χ0v) is 18.4. The van der Waals surface area contributed by atoms with E-state index in [-0.39, 0.29) is 24.9 Å². The van der Waals surface area contributed by atoms with Crippen molar-refractivity contribution in [1.82, 2.24) is 0 Å². The van der Waals surface area contributed by atoms with E-state index in [1.807, 2.05) is 0 Å². The lowest BCUT2D eigenvalue weighted by molar-refractivity contribution is -0.275. The van der Waals surface area contributed by atoms with E-state index < -0.39 is 54.7 Å². The SMILES string of the molecule is CC(=O)OCCCC(N)[C@H](CS)O[C@H]1OC(CN)[C@@H](OC(C)=O)C(OC(C)=O)C1N. The molecule has 0 spiro atoms. The lowest BCUT2D eigenvalue weighted by Gasteiger charge is -2.44. The van der Waals surface area contributed by atoms with Gasteiger partial charge in [0, 0.05) is 39.1 Å². The summed E-state index contributed by atoms with van der Waals surface area (Å²) in [6.07, 6.45) is -3.32. The lowest BCUT2D eigenvalue weighted by Crippen LogP contribution is -2.66. The zero-order chi connectivity index (χ0) is 22.8. The largest absolute Gasteiger partial charge is 0.466 e. The topological polar surface area (TPSA) is 175 Å². The molecule has 0 aromatic rings. The van der Waals surface area contributed by atoms with Crippen molar-refractivity contribution in [2.45, 2.75) is 76.4 Å². The van der Waals surface area contributed by atoms with E-state index in [0.29, 0.717) is 12.8 Å². The van der Waals surface area contributed by atoms with Gasteiger partial charge in [0.2, 0.25) is 0 Å². The van der Waals surface area contributed by atoms with Gasteiger partial charge in [0.05, 0.1) is 18.8 Å². The maximum Gasteiger partial charge on any atom is 0.303 e. The van der Waals surface area contributed by atoms with Gasteiger partial charge >= 0.3 is 17.9 Å². The van der Waals surface area contributed by atoms with Crippen molar-refractivity contribution in [2.75, 3.05) is 18.9 Å². The molecule has 1 saturated heterocycles. The van der Waals surface area contributed by atoms with Crippen LogP contribution in [0.25, 0.3) is 0 Å². The third kappa shape index (κ3) is 8.36. The first-order valence-electron chi connectivity index (χ1n) is 9.71. The van der Waals surface area contributed by atoms with Gasteiger partial charge in [0.25, 0.3) is 0 Å². The number of esters is 3. The van der Waals surface area contributed by atoms with Gasteiger partial charge in [-0.2, -0.15) is 12.6 Å². The minimum atomic E-state index is -1.02. The molecule has 174 valence electrons. The lowest BCUT2D eigenvalue weighted by atomic mass is 9.96. The van der Waals surface area contributed by atoms with Crippen LogP contribution >= 0.6 is 12.6 Å². The van der Waals surface area contributed by atoms with Gasteiger partial charge in [-0.15, -0.1) is 0 Å². The van der Waals surface area contributed by atoms with Crippen LogP contribution in [0, 0.1) is 0 Å². The second-order valence-electron chi connectivity index (χ2n) is 7.01. The molecule has 1 rings (SSSR count). The molecule has 11 nitrogen and oxygen atoms in total. The van der Waals surface area contributed by atoms with Crippen LogP contribution in [-0.2, 0) is 38.1 Å². The first kappa shape index (κ1) is 26.6. The number of nitrogens with two attached hydrogens (primary N) is 3. The summed E-state index contributed by atoms with van der Waals surface area (Å²) in [7, 11) is 0. The summed E-state index contributed by atoms with van der Waals surface area (Å²) in [6, 6.07) is -1.40. The Balaban J connectivity index is 2.86. The average molecular weight is 452 g/mol. The van der Waals surface area contributed by atoms with E-state index >= 15 is 0 Å². The van der Waals surface area contributed by atoms with E-state index in [1.165, 1.54) is 20.8 Å². The number of ether oxygens (including phenoxy) is 5. The van der Waals surface area contributed by atoms with Crippen molar-refractivity contribution < 1.29 is 38.1 Å². The second kappa shape index (κ2) is 13.1. The van der Waals surface area contributed by atoms with E-state index in [0.717, 1.165) is 0 Å². The smallest absolute Gasteiger partial charge is 0.303 e. The van der Waals surface area contributed by atoms with E-state index in [1.54, 1.807) is 0 Å². The summed E-state index contributed by atoms with van der Waals surface area (Å²) in [6.45, 7) is 3.99. The first-order valence-corrected chi connectivity index (χ1v) is 10.3. The number of thiol groups is 1. The number of carbonyl (C=O) groups excluding carboxylic acids is 3. The molecule has 0 saturated carbocycles. The molecule has 0 amide bonds. The van der Waals surface area contributed by atoms with Gasteiger partial charge in [-0.3, -0.25) is 14.4 Å². The predicted molar refractivity (Wildman–Crippen MR) is 109 cm³/mol. The Bertz CT molecular complexity index is 582. The summed E-state index contributed by atoms with van der Waals surface area (Å²) in [4.78, 5) is 33.9. The van der Waals surface area contributed by atoms with Crippen molar-refractivity contribution in [3.8, 4) is 0 Å². The molecule has 12 heteroatoms. The Morgan fingerprint density at radius 2 is 1.67 bits per heavy atom. The summed E-state index contributed by atoms with van der Waals surface area (Å²) in [5.41, 5.74) is 18.2. The molecule has 6 N–H and O–H groups in total. The number of carbonyl (C=O) groups is 3. The van der Waals surface area contributed by atoms with Crippen LogP contribution in [0.5, 0.6) is 0 Å². The third-order valence-electron chi connectivity index (χ3n) is 4.48. The highest BCUT2D eigenvalue weighted by Crippen LogP contribution is 2.27. The minimum Gasteiger partial charge on any atom is -0.466 e. The fraction of sp³-hybridized carbons (Fsp3) is 0.833. The number of hydrogen-bond acceptors (Lipinski definition) is 12. The molecule has 0 aliphatic carbocycles. The maximum absolute atomic E-state index is 11.6. The van der Waals surface area contributed by atoms with Gasteiger partial charge in [0.15, 0.2) is 18.5 Å². The Morgan fingerprint density at radius 3 is 2.17 bits per heavy atom. The summed E-state index contributed by atoms with van der Waals surface area (Å²) in [5, 5.41) is 0. The molecule has 1 fully saturated rings. The van der Waals surface area contributed by atoms with Gasteiger partial charge in [-0.25, -0.2) is 0 Å². The molecular formula is C18H33N3O8S. The fourth-order valence-electron chi connectivity index (χ4n) is 3.08. The molecule has 7 atom stereocenters. The standard InChI is InChI=1S/C18H33N3O8S/c1-9(22)25-6-4-5-12(20)14(8-30)29-18-15(21)17(27-11(3)24)16(26-10(2)23)13(7-19)28-18/h12-18,30H,4-8,19-21H2,1-3H3/t12?,13?,14-,15?,16+,17?,18+/m0/s1. The van der Waals surface area contributed by atoms with Gasteiger partial charge in [0.1, 0.15) is 6.10 Å². The van der Waals surface area contributed by atoms with Crippen LogP contribution < -0.4 is 17.2 Å². The molecule has 0 bridgehead atoms. The van der Waals surface area contributed by atoms with Crippen LogP contribution in [0.2, 0.25) is 0 Å². The molecule has 30 heavy (non-hydrogen) atoms. The Labute approximate surface area is 181 Å². The highest BCUT2D eigenvalue weighted by molar-refractivity contribution is 7.80. The predicted octanol–water partition coefficient (Wildman–Crippen LogP) is -1.15. The molecular weight excluding hydrogens is 418 g/mol. The van der Waals surface area contributed by atoms with Crippen LogP contribution in [0.15, 0.2) is 0 Å². The normalized spacial score (nSPS) is 28.3. The molecule has 0 aromatic heterocycles. The van der Waals surface area contributed by atoms with Crippen LogP contribution in [0.1, 0.15) is 33.6 Å². The van der Waals surface area contributed by atoms with Crippen LogP contribution in [-0.4, -0.2) is 79.6 Å². The molecule has 1 heterocycles. The minimum absolute atomic E-state index is 0.0255. The molecule has 4 unspecified atom stereocenters. The number of hydrogen-bond donors (Lipinski definition) is 4. The van der Waals surface area contributed by atoms with Crippen molar-refractivity contribution in [3.63, 3.8) is 0 Å². The van der Waals surface area contributed by atoms with Crippen LogP contribution in [0.3, 0.4) is 0 Å². The summed E-state index contributed by atoms with van der Waals surface area (Å²) >= 11 is 4.28. The van der Waals surface area contributed by atoms with E-state index in [2.05, 4.69) is 12.6 Å². The van der Waals surface area contributed by atoms with Crippen molar-refractivity contribution in [3.05, 3.63) is 0 Å². The summed E-state index contributed by atoms with van der Waals surface area (Å²) < 4.78 is 27.2. The molecule has 0 aromatic carbocycles. The van der Waals surface area contributed by atoms with Gasteiger partial charge in [-0.05, 0) is 12.8 Å². The first-order chi connectivity index (χ1) is 14.1. The maximum atomic E-state index is 11.6. The number of rotatable bonds is 11. The highest BCUT2D eigenvalue weighted by atomic mass is 32.1. The second-order valence-corrected chi connectivity index (χ2v) is 7.37. The van der Waals surface area contributed by atoms with Gasteiger partial charge in [-0.1, -0.05) is 0 Å². The summed E-state index contributed by atoms with van der Waals surface area (Å²) in [5.74, 6) is -1.29. The Hall–Kier alpha value is -1.44. The van der Waals surface area contributed by atoms with Crippen molar-refractivity contribution in [2.24, 2.45) is 17.2 Å².